The first kappa shape index (κ1) is 19.9. The number of aliphatic carboxylic acids is 1. The SMILES string of the molecule is COc1cc(OC)c(C(=O)Nc2ccc(OCC(=O)O)cc2C)cc1OC. The molecule has 0 unspecified atom stereocenters. The molecule has 0 heterocycles. The lowest BCUT2D eigenvalue weighted by molar-refractivity contribution is -0.139. The number of amides is 1. The van der Waals surface area contributed by atoms with Gasteiger partial charge in [0, 0.05) is 17.8 Å². The molecule has 0 saturated heterocycles. The Morgan fingerprint density at radius 3 is 2.15 bits per heavy atom. The highest BCUT2D eigenvalue weighted by Crippen LogP contribution is 2.35. The molecule has 1 amide bonds. The molecule has 0 aromatic heterocycles. The number of hydrogen-bond acceptors (Lipinski definition) is 6. The third-order valence-electron chi connectivity index (χ3n) is 3.76. The van der Waals surface area contributed by atoms with Crippen LogP contribution in [0.4, 0.5) is 5.69 Å². The molecule has 144 valence electrons. The summed E-state index contributed by atoms with van der Waals surface area (Å²) in [6.45, 7) is 1.34. The van der Waals surface area contributed by atoms with Crippen LogP contribution in [0.1, 0.15) is 15.9 Å². The van der Waals surface area contributed by atoms with Crippen LogP contribution in [-0.2, 0) is 4.79 Å². The Labute approximate surface area is 156 Å². The molecule has 0 saturated carbocycles. The predicted molar refractivity (Wildman–Crippen MR) is 98.4 cm³/mol. The monoisotopic (exact) mass is 375 g/mol. The summed E-state index contributed by atoms with van der Waals surface area (Å²) in [5.74, 6) is 0.126. The number of hydrogen-bond donors (Lipinski definition) is 2. The van der Waals surface area contributed by atoms with Gasteiger partial charge in [-0.1, -0.05) is 0 Å². The molecule has 0 spiro atoms. The number of carboxylic acid groups (broad SMARTS) is 1. The molecule has 2 aromatic carbocycles. The lowest BCUT2D eigenvalue weighted by Crippen LogP contribution is -2.15. The van der Waals surface area contributed by atoms with Crippen LogP contribution in [0.2, 0.25) is 0 Å². The first-order valence-electron chi connectivity index (χ1n) is 7.96. The maximum Gasteiger partial charge on any atom is 0.341 e. The average Bonchev–Trinajstić information content (AvgIpc) is 2.66. The summed E-state index contributed by atoms with van der Waals surface area (Å²) >= 11 is 0. The van der Waals surface area contributed by atoms with Crippen molar-refractivity contribution in [2.24, 2.45) is 0 Å². The summed E-state index contributed by atoms with van der Waals surface area (Å²) in [6.07, 6.45) is 0. The number of benzene rings is 2. The molecule has 0 atom stereocenters. The first-order valence-corrected chi connectivity index (χ1v) is 7.96. The molecule has 0 radical (unpaired) electrons. The van der Waals surface area contributed by atoms with E-state index in [0.29, 0.717) is 34.2 Å². The molecule has 0 aliphatic heterocycles. The minimum Gasteiger partial charge on any atom is -0.496 e. The maximum absolute atomic E-state index is 12.7. The minimum absolute atomic E-state index is 0.278. The number of nitrogens with one attached hydrogen (secondary N) is 1. The topological polar surface area (TPSA) is 103 Å². The molecule has 0 aliphatic rings. The first-order chi connectivity index (χ1) is 12.9. The zero-order chi connectivity index (χ0) is 20.0. The Hall–Kier alpha value is -3.42. The van der Waals surface area contributed by atoms with Crippen molar-refractivity contribution in [2.75, 3.05) is 33.3 Å². The molecule has 8 nitrogen and oxygen atoms in total. The van der Waals surface area contributed by atoms with Gasteiger partial charge < -0.3 is 29.4 Å². The van der Waals surface area contributed by atoms with Crippen LogP contribution in [0.5, 0.6) is 23.0 Å². The van der Waals surface area contributed by atoms with Crippen LogP contribution < -0.4 is 24.3 Å². The van der Waals surface area contributed by atoms with Crippen molar-refractivity contribution >= 4 is 17.6 Å². The third kappa shape index (κ3) is 4.81. The maximum atomic E-state index is 12.7. The van der Waals surface area contributed by atoms with E-state index in [1.165, 1.54) is 27.4 Å². The summed E-state index contributed by atoms with van der Waals surface area (Å²) in [4.78, 5) is 23.3. The van der Waals surface area contributed by atoms with E-state index in [0.717, 1.165) is 0 Å². The second kappa shape index (κ2) is 8.79. The summed E-state index contributed by atoms with van der Waals surface area (Å²) in [5.41, 5.74) is 1.55. The van der Waals surface area contributed by atoms with Crippen molar-refractivity contribution < 1.29 is 33.6 Å². The fraction of sp³-hybridized carbons (Fsp3) is 0.263. The molecule has 8 heteroatoms. The number of carboxylic acids is 1. The number of carbonyl (C=O) groups excluding carboxylic acids is 1. The van der Waals surface area contributed by atoms with Gasteiger partial charge in [0.1, 0.15) is 11.5 Å². The van der Waals surface area contributed by atoms with Gasteiger partial charge in [0.15, 0.2) is 18.1 Å². The van der Waals surface area contributed by atoms with Gasteiger partial charge in [-0.3, -0.25) is 4.79 Å². The van der Waals surface area contributed by atoms with Gasteiger partial charge in [0.25, 0.3) is 5.91 Å². The van der Waals surface area contributed by atoms with Gasteiger partial charge >= 0.3 is 5.97 Å². The van der Waals surface area contributed by atoms with Crippen molar-refractivity contribution in [2.45, 2.75) is 6.92 Å². The van der Waals surface area contributed by atoms with E-state index >= 15 is 0 Å². The Morgan fingerprint density at radius 2 is 1.59 bits per heavy atom. The fourth-order valence-electron chi connectivity index (χ4n) is 2.41. The summed E-state index contributed by atoms with van der Waals surface area (Å²) < 4.78 is 20.8. The largest absolute Gasteiger partial charge is 0.496 e. The normalized spacial score (nSPS) is 10.1. The lowest BCUT2D eigenvalue weighted by Gasteiger charge is -2.15. The van der Waals surface area contributed by atoms with E-state index < -0.39 is 18.5 Å². The standard InChI is InChI=1S/C19H21NO7/c1-11-7-12(27-10-18(21)22)5-6-14(11)20-19(23)13-8-16(25-3)17(26-4)9-15(13)24-2/h5-9H,10H2,1-4H3,(H,20,23)(H,21,22). The number of anilines is 1. The summed E-state index contributed by atoms with van der Waals surface area (Å²) in [7, 11) is 4.43. The van der Waals surface area contributed by atoms with E-state index in [-0.39, 0.29) is 5.56 Å². The lowest BCUT2D eigenvalue weighted by atomic mass is 10.1. The average molecular weight is 375 g/mol. The van der Waals surface area contributed by atoms with Crippen LogP contribution in [-0.4, -0.2) is 44.9 Å². The van der Waals surface area contributed by atoms with Gasteiger partial charge in [-0.05, 0) is 30.7 Å². The molecule has 2 aromatic rings. The van der Waals surface area contributed by atoms with Gasteiger partial charge in [-0.25, -0.2) is 4.79 Å². The van der Waals surface area contributed by atoms with E-state index in [2.05, 4.69) is 5.32 Å². The van der Waals surface area contributed by atoms with Gasteiger partial charge in [-0.15, -0.1) is 0 Å². The second-order valence-electron chi connectivity index (χ2n) is 5.52. The Morgan fingerprint density at radius 1 is 0.963 bits per heavy atom. The van der Waals surface area contributed by atoms with E-state index in [1.807, 2.05) is 0 Å². The Balaban J connectivity index is 2.25. The van der Waals surface area contributed by atoms with E-state index in [9.17, 15) is 9.59 Å². The number of aryl methyl sites for hydroxylation is 1. The van der Waals surface area contributed by atoms with Gasteiger partial charge in [-0.2, -0.15) is 0 Å². The van der Waals surface area contributed by atoms with Crippen LogP contribution in [0.3, 0.4) is 0 Å². The predicted octanol–water partition coefficient (Wildman–Crippen LogP) is 2.74. The van der Waals surface area contributed by atoms with E-state index in [1.54, 1.807) is 31.2 Å². The highest BCUT2D eigenvalue weighted by molar-refractivity contribution is 6.07. The smallest absolute Gasteiger partial charge is 0.341 e. The highest BCUT2D eigenvalue weighted by Gasteiger charge is 2.18. The molecular weight excluding hydrogens is 354 g/mol. The van der Waals surface area contributed by atoms with Crippen molar-refractivity contribution in [1.82, 2.24) is 0 Å². The second-order valence-corrected chi connectivity index (χ2v) is 5.52. The van der Waals surface area contributed by atoms with Crippen LogP contribution in [0.15, 0.2) is 30.3 Å². The molecule has 2 N–H and O–H groups in total. The number of carbonyl (C=O) groups is 2. The zero-order valence-electron chi connectivity index (χ0n) is 15.5. The Bertz CT molecular complexity index is 848. The van der Waals surface area contributed by atoms with Crippen molar-refractivity contribution in [1.29, 1.82) is 0 Å². The zero-order valence-corrected chi connectivity index (χ0v) is 15.5. The number of methoxy groups -OCH3 is 3. The van der Waals surface area contributed by atoms with Crippen LogP contribution in [0, 0.1) is 6.92 Å². The van der Waals surface area contributed by atoms with Crippen molar-refractivity contribution in [3.05, 3.63) is 41.5 Å². The van der Waals surface area contributed by atoms with E-state index in [4.69, 9.17) is 24.1 Å². The van der Waals surface area contributed by atoms with Crippen molar-refractivity contribution in [3.63, 3.8) is 0 Å². The molecule has 0 bridgehead atoms. The summed E-state index contributed by atoms with van der Waals surface area (Å²) in [6, 6.07) is 7.97. The van der Waals surface area contributed by atoms with Gasteiger partial charge in [0.2, 0.25) is 0 Å². The fourth-order valence-corrected chi connectivity index (χ4v) is 2.41. The highest BCUT2D eigenvalue weighted by atomic mass is 16.5. The molecule has 0 aliphatic carbocycles. The molecule has 2 rings (SSSR count). The minimum atomic E-state index is -1.06. The summed E-state index contributed by atoms with van der Waals surface area (Å²) in [5, 5.41) is 11.5. The molecule has 27 heavy (non-hydrogen) atoms. The Kier molecular flexibility index (Phi) is 6.48. The van der Waals surface area contributed by atoms with Crippen LogP contribution >= 0.6 is 0 Å². The number of rotatable bonds is 8. The third-order valence-corrected chi connectivity index (χ3v) is 3.76. The molecular formula is C19H21NO7. The van der Waals surface area contributed by atoms with Gasteiger partial charge in [0.05, 0.1) is 26.9 Å². The number of ether oxygens (including phenoxy) is 4. The quantitative estimate of drug-likeness (QED) is 0.731. The molecule has 0 fully saturated rings. The van der Waals surface area contributed by atoms with Crippen LogP contribution in [0.25, 0.3) is 0 Å². The van der Waals surface area contributed by atoms with Crippen molar-refractivity contribution in [3.8, 4) is 23.0 Å².